The van der Waals surface area contributed by atoms with Crippen molar-refractivity contribution >= 4 is 11.6 Å². The second-order valence-corrected chi connectivity index (χ2v) is 5.20. The maximum atomic E-state index is 13.6. The van der Waals surface area contributed by atoms with Crippen molar-refractivity contribution in [1.29, 1.82) is 0 Å². The fourth-order valence-corrected chi connectivity index (χ4v) is 2.48. The van der Waals surface area contributed by atoms with Gasteiger partial charge >= 0.3 is 0 Å². The first-order valence-electron chi connectivity index (χ1n) is 6.26. The van der Waals surface area contributed by atoms with Gasteiger partial charge in [-0.2, -0.15) is 5.10 Å². The van der Waals surface area contributed by atoms with Gasteiger partial charge in [0.05, 0.1) is 5.69 Å². The summed E-state index contributed by atoms with van der Waals surface area (Å²) in [5.41, 5.74) is 7.60. The van der Waals surface area contributed by atoms with Crippen LogP contribution in [0.15, 0.2) is 18.2 Å². The van der Waals surface area contributed by atoms with Crippen LogP contribution in [-0.2, 0) is 19.9 Å². The second-order valence-electron chi connectivity index (χ2n) is 4.85. The maximum Gasteiger partial charge on any atom is 0.130 e. The van der Waals surface area contributed by atoms with Crippen molar-refractivity contribution in [2.24, 2.45) is 12.8 Å². The van der Waals surface area contributed by atoms with Gasteiger partial charge in [-0.25, -0.2) is 8.78 Å². The summed E-state index contributed by atoms with van der Waals surface area (Å²) in [5, 5.41) is 4.69. The SMILES string of the molecule is Cc1nn(C)c(Cl)c1CC(N)Cc1c(F)cccc1F. The summed E-state index contributed by atoms with van der Waals surface area (Å²) in [4.78, 5) is 0. The summed E-state index contributed by atoms with van der Waals surface area (Å²) in [6.45, 7) is 1.83. The number of nitrogens with two attached hydrogens (primary N) is 1. The number of halogens is 3. The van der Waals surface area contributed by atoms with Crippen LogP contribution in [-0.4, -0.2) is 15.8 Å². The molecule has 20 heavy (non-hydrogen) atoms. The molecule has 1 unspecified atom stereocenters. The molecule has 0 saturated heterocycles. The molecule has 108 valence electrons. The molecular formula is C14H16ClF2N3. The summed E-state index contributed by atoms with van der Waals surface area (Å²) < 4.78 is 28.7. The Morgan fingerprint density at radius 3 is 2.30 bits per heavy atom. The zero-order valence-electron chi connectivity index (χ0n) is 11.3. The molecule has 3 nitrogen and oxygen atoms in total. The number of hydrogen-bond acceptors (Lipinski definition) is 2. The predicted molar refractivity (Wildman–Crippen MR) is 74.7 cm³/mol. The van der Waals surface area contributed by atoms with E-state index in [0.29, 0.717) is 11.6 Å². The molecule has 1 heterocycles. The Labute approximate surface area is 121 Å². The topological polar surface area (TPSA) is 43.8 Å². The van der Waals surface area contributed by atoms with E-state index in [-0.39, 0.29) is 12.0 Å². The molecular weight excluding hydrogens is 284 g/mol. The lowest BCUT2D eigenvalue weighted by Gasteiger charge is -2.13. The van der Waals surface area contributed by atoms with Crippen LogP contribution >= 0.6 is 11.6 Å². The number of aryl methyl sites for hydroxylation is 2. The van der Waals surface area contributed by atoms with Gasteiger partial charge in [-0.05, 0) is 31.9 Å². The van der Waals surface area contributed by atoms with Crippen LogP contribution in [0.2, 0.25) is 5.15 Å². The van der Waals surface area contributed by atoms with Crippen LogP contribution in [0.3, 0.4) is 0 Å². The molecule has 0 amide bonds. The van der Waals surface area contributed by atoms with E-state index in [1.165, 1.54) is 18.2 Å². The molecule has 2 rings (SSSR count). The lowest BCUT2D eigenvalue weighted by Crippen LogP contribution is -2.27. The molecule has 1 aromatic heterocycles. The monoisotopic (exact) mass is 299 g/mol. The Morgan fingerprint density at radius 2 is 1.80 bits per heavy atom. The largest absolute Gasteiger partial charge is 0.327 e. The maximum absolute atomic E-state index is 13.6. The third kappa shape index (κ3) is 2.99. The Balaban J connectivity index is 2.15. The Bertz CT molecular complexity index is 605. The van der Waals surface area contributed by atoms with E-state index in [1.54, 1.807) is 11.7 Å². The molecule has 0 spiro atoms. The molecule has 0 radical (unpaired) electrons. The van der Waals surface area contributed by atoms with E-state index in [9.17, 15) is 8.78 Å². The van der Waals surface area contributed by atoms with Crippen LogP contribution in [0.1, 0.15) is 16.8 Å². The average Bonchev–Trinajstić information content (AvgIpc) is 2.61. The minimum Gasteiger partial charge on any atom is -0.327 e. The van der Waals surface area contributed by atoms with Gasteiger partial charge in [0.25, 0.3) is 0 Å². The summed E-state index contributed by atoms with van der Waals surface area (Å²) in [7, 11) is 1.74. The summed E-state index contributed by atoms with van der Waals surface area (Å²) in [6, 6.07) is 3.37. The van der Waals surface area contributed by atoms with E-state index in [2.05, 4.69) is 5.10 Å². The van der Waals surface area contributed by atoms with Gasteiger partial charge in [0.15, 0.2) is 0 Å². The van der Waals surface area contributed by atoms with Crippen molar-refractivity contribution in [1.82, 2.24) is 9.78 Å². The predicted octanol–water partition coefficient (Wildman–Crippen LogP) is 2.77. The molecule has 0 aliphatic carbocycles. The van der Waals surface area contributed by atoms with Crippen LogP contribution in [0, 0.1) is 18.6 Å². The third-order valence-corrected chi connectivity index (χ3v) is 3.74. The van der Waals surface area contributed by atoms with E-state index in [1.807, 2.05) is 6.92 Å². The zero-order valence-corrected chi connectivity index (χ0v) is 12.1. The molecule has 1 aromatic carbocycles. The highest BCUT2D eigenvalue weighted by Gasteiger charge is 2.18. The Hall–Kier alpha value is -1.46. The molecule has 1 atom stereocenters. The molecule has 0 aliphatic heterocycles. The van der Waals surface area contributed by atoms with Crippen molar-refractivity contribution in [3.63, 3.8) is 0 Å². The normalized spacial score (nSPS) is 12.7. The van der Waals surface area contributed by atoms with Crippen molar-refractivity contribution < 1.29 is 8.78 Å². The summed E-state index contributed by atoms with van der Waals surface area (Å²) >= 11 is 6.12. The first kappa shape index (κ1) is 14.9. The van der Waals surface area contributed by atoms with Gasteiger partial charge in [-0.15, -0.1) is 0 Å². The van der Waals surface area contributed by atoms with Crippen LogP contribution in [0.25, 0.3) is 0 Å². The van der Waals surface area contributed by atoms with E-state index in [4.69, 9.17) is 17.3 Å². The van der Waals surface area contributed by atoms with E-state index < -0.39 is 17.7 Å². The number of hydrogen-bond donors (Lipinski definition) is 1. The van der Waals surface area contributed by atoms with Gasteiger partial charge in [0.1, 0.15) is 16.8 Å². The van der Waals surface area contributed by atoms with E-state index >= 15 is 0 Å². The van der Waals surface area contributed by atoms with E-state index in [0.717, 1.165) is 11.3 Å². The fourth-order valence-electron chi connectivity index (χ4n) is 2.23. The highest BCUT2D eigenvalue weighted by atomic mass is 35.5. The van der Waals surface area contributed by atoms with Gasteiger partial charge in [-0.3, -0.25) is 4.68 Å². The standard InChI is InChI=1S/C14H16ClF2N3/c1-8-10(14(15)20(2)19-8)6-9(18)7-11-12(16)4-3-5-13(11)17/h3-5,9H,6-7,18H2,1-2H3. The molecule has 0 saturated carbocycles. The smallest absolute Gasteiger partial charge is 0.130 e. The van der Waals surface area contributed by atoms with Crippen molar-refractivity contribution in [2.45, 2.75) is 25.8 Å². The van der Waals surface area contributed by atoms with Gasteiger partial charge in [0, 0.05) is 24.2 Å². The summed E-state index contributed by atoms with van der Waals surface area (Å²) in [6.07, 6.45) is 0.537. The summed E-state index contributed by atoms with van der Waals surface area (Å²) in [5.74, 6) is -1.15. The van der Waals surface area contributed by atoms with Gasteiger partial charge in [-0.1, -0.05) is 17.7 Å². The van der Waals surface area contributed by atoms with Crippen LogP contribution in [0.5, 0.6) is 0 Å². The van der Waals surface area contributed by atoms with Crippen LogP contribution in [0.4, 0.5) is 8.78 Å². The average molecular weight is 300 g/mol. The van der Waals surface area contributed by atoms with Crippen molar-refractivity contribution in [3.8, 4) is 0 Å². The molecule has 0 aliphatic rings. The van der Waals surface area contributed by atoms with Crippen molar-refractivity contribution in [2.75, 3.05) is 0 Å². The first-order chi connectivity index (χ1) is 9.40. The third-order valence-electron chi connectivity index (χ3n) is 3.26. The minimum absolute atomic E-state index is 0.0117. The molecule has 6 heteroatoms. The second kappa shape index (κ2) is 5.89. The lowest BCUT2D eigenvalue weighted by molar-refractivity contribution is 0.533. The lowest BCUT2D eigenvalue weighted by atomic mass is 9.99. The minimum atomic E-state index is -0.575. The molecule has 0 bridgehead atoms. The fraction of sp³-hybridized carbons (Fsp3) is 0.357. The highest BCUT2D eigenvalue weighted by molar-refractivity contribution is 6.30. The number of benzene rings is 1. The zero-order chi connectivity index (χ0) is 14.9. The number of rotatable bonds is 4. The molecule has 2 aromatic rings. The van der Waals surface area contributed by atoms with Crippen LogP contribution < -0.4 is 5.73 Å². The molecule has 2 N–H and O–H groups in total. The Kier molecular flexibility index (Phi) is 4.40. The quantitative estimate of drug-likeness (QED) is 0.943. The Morgan fingerprint density at radius 1 is 1.25 bits per heavy atom. The first-order valence-corrected chi connectivity index (χ1v) is 6.64. The van der Waals surface area contributed by atoms with Crippen molar-refractivity contribution in [3.05, 3.63) is 51.8 Å². The number of nitrogens with zero attached hydrogens (tertiary/aromatic N) is 2. The number of aromatic nitrogens is 2. The van der Waals surface area contributed by atoms with Gasteiger partial charge < -0.3 is 5.73 Å². The highest BCUT2D eigenvalue weighted by Crippen LogP contribution is 2.21. The molecule has 0 fully saturated rings. The van der Waals surface area contributed by atoms with Gasteiger partial charge in [0.2, 0.25) is 0 Å².